The molecule has 2 N–H and O–H groups in total. The first kappa shape index (κ1) is 18.7. The third-order valence-corrected chi connectivity index (χ3v) is 3.55. The highest BCUT2D eigenvalue weighted by Gasteiger charge is 2.35. The van der Waals surface area contributed by atoms with Crippen molar-refractivity contribution in [2.24, 2.45) is 7.05 Å². The summed E-state index contributed by atoms with van der Waals surface area (Å²) in [6.45, 7) is 0. The van der Waals surface area contributed by atoms with E-state index in [9.17, 15) is 31.9 Å². The molecule has 25 heavy (non-hydrogen) atoms. The fourth-order valence-electron chi connectivity index (χ4n) is 2.06. The molecule has 0 saturated heterocycles. The maximum Gasteiger partial charge on any atom is 0.431 e. The lowest BCUT2D eigenvalue weighted by molar-refractivity contribution is -0.144. The van der Waals surface area contributed by atoms with Crippen LogP contribution in [0.3, 0.4) is 0 Å². The Bertz CT molecular complexity index is 981. The van der Waals surface area contributed by atoms with Gasteiger partial charge < -0.3 is 0 Å². The first-order valence-electron chi connectivity index (χ1n) is 6.33. The standard InChI is InChI=1S/C13H8ClF4N3O4/c1-20-9(13(16,17)18)4-10(22)21(12(20)24)8-2-5(11(23)19-25)6(14)3-7(8)15/h2-4,25H,1H3,(H,19,23). The molecule has 0 unspecified atom stereocenters. The van der Waals surface area contributed by atoms with Crippen molar-refractivity contribution >= 4 is 17.5 Å². The third kappa shape index (κ3) is 3.28. The fraction of sp³-hybridized carbons (Fsp3) is 0.154. The van der Waals surface area contributed by atoms with Gasteiger partial charge in [0, 0.05) is 13.1 Å². The summed E-state index contributed by atoms with van der Waals surface area (Å²) in [6, 6.07) is 1.34. The molecule has 0 fully saturated rings. The zero-order valence-electron chi connectivity index (χ0n) is 12.2. The molecule has 1 amide bonds. The van der Waals surface area contributed by atoms with E-state index in [0.29, 0.717) is 12.1 Å². The van der Waals surface area contributed by atoms with Crippen LogP contribution in [0.4, 0.5) is 17.6 Å². The molecule has 12 heteroatoms. The lowest BCUT2D eigenvalue weighted by Gasteiger charge is -2.15. The van der Waals surface area contributed by atoms with Gasteiger partial charge in [0.2, 0.25) is 0 Å². The Morgan fingerprint density at radius 3 is 2.36 bits per heavy atom. The van der Waals surface area contributed by atoms with Gasteiger partial charge in [-0.1, -0.05) is 11.6 Å². The predicted octanol–water partition coefficient (Wildman–Crippen LogP) is 1.47. The summed E-state index contributed by atoms with van der Waals surface area (Å²) in [4.78, 5) is 35.5. The van der Waals surface area contributed by atoms with Gasteiger partial charge in [0.05, 0.1) is 16.3 Å². The Morgan fingerprint density at radius 2 is 1.84 bits per heavy atom. The number of nitrogens with zero attached hydrogens (tertiary/aromatic N) is 2. The number of carbonyl (C=O) groups is 1. The van der Waals surface area contributed by atoms with Crippen LogP contribution < -0.4 is 16.7 Å². The van der Waals surface area contributed by atoms with Crippen molar-refractivity contribution < 1.29 is 27.6 Å². The van der Waals surface area contributed by atoms with Crippen LogP contribution in [-0.4, -0.2) is 20.2 Å². The van der Waals surface area contributed by atoms with Crippen LogP contribution >= 0.6 is 11.6 Å². The molecule has 0 radical (unpaired) electrons. The van der Waals surface area contributed by atoms with Crippen LogP contribution in [0.1, 0.15) is 16.1 Å². The Balaban J connectivity index is 2.85. The van der Waals surface area contributed by atoms with Crippen LogP contribution in [0.2, 0.25) is 5.02 Å². The highest BCUT2D eigenvalue weighted by molar-refractivity contribution is 6.33. The second-order valence-corrected chi connectivity index (χ2v) is 5.17. The minimum Gasteiger partial charge on any atom is -0.292 e. The van der Waals surface area contributed by atoms with Gasteiger partial charge >= 0.3 is 11.9 Å². The highest BCUT2D eigenvalue weighted by Crippen LogP contribution is 2.27. The van der Waals surface area contributed by atoms with Gasteiger partial charge in [-0.15, -0.1) is 0 Å². The zero-order valence-corrected chi connectivity index (χ0v) is 12.9. The summed E-state index contributed by atoms with van der Waals surface area (Å²) in [5.41, 5.74) is -4.57. The maximum atomic E-state index is 14.1. The lowest BCUT2D eigenvalue weighted by Crippen LogP contribution is -2.41. The van der Waals surface area contributed by atoms with Gasteiger partial charge in [0.1, 0.15) is 11.5 Å². The molecular weight excluding hydrogens is 374 g/mol. The normalized spacial score (nSPS) is 11.5. The molecule has 7 nitrogen and oxygen atoms in total. The van der Waals surface area contributed by atoms with Crippen molar-refractivity contribution in [2.45, 2.75) is 6.18 Å². The number of benzene rings is 1. The highest BCUT2D eigenvalue weighted by atomic mass is 35.5. The van der Waals surface area contributed by atoms with E-state index in [-0.39, 0.29) is 15.2 Å². The molecular formula is C13H8ClF4N3O4. The molecule has 134 valence electrons. The number of carbonyl (C=O) groups excluding carboxylic acids is 1. The van der Waals surface area contributed by atoms with Gasteiger partial charge in [-0.2, -0.15) is 13.2 Å². The van der Waals surface area contributed by atoms with Crippen molar-refractivity contribution in [1.29, 1.82) is 0 Å². The Morgan fingerprint density at radius 1 is 1.24 bits per heavy atom. The van der Waals surface area contributed by atoms with Gasteiger partial charge in [0.25, 0.3) is 11.5 Å². The average Bonchev–Trinajstić information content (AvgIpc) is 2.51. The summed E-state index contributed by atoms with van der Waals surface area (Å²) < 4.78 is 52.8. The second-order valence-electron chi connectivity index (χ2n) is 4.77. The first-order chi connectivity index (χ1) is 11.5. The summed E-state index contributed by atoms with van der Waals surface area (Å²) >= 11 is 5.63. The maximum absolute atomic E-state index is 14.1. The topological polar surface area (TPSA) is 93.3 Å². The van der Waals surface area contributed by atoms with E-state index >= 15 is 0 Å². The monoisotopic (exact) mass is 381 g/mol. The quantitative estimate of drug-likeness (QED) is 0.468. The number of aromatic nitrogens is 2. The van der Waals surface area contributed by atoms with Crippen molar-refractivity contribution in [2.75, 3.05) is 0 Å². The molecule has 0 atom stereocenters. The number of halogens is 5. The zero-order chi connectivity index (χ0) is 19.1. The van der Waals surface area contributed by atoms with Crippen LogP contribution in [-0.2, 0) is 13.2 Å². The molecule has 0 aliphatic heterocycles. The number of alkyl halides is 3. The summed E-state index contributed by atoms with van der Waals surface area (Å²) in [6.07, 6.45) is -4.98. The molecule has 1 heterocycles. The predicted molar refractivity (Wildman–Crippen MR) is 76.5 cm³/mol. The molecule has 0 aliphatic rings. The number of amides is 1. The molecule has 1 aromatic carbocycles. The Kier molecular flexibility index (Phi) is 4.73. The number of hydrogen-bond donors (Lipinski definition) is 2. The largest absolute Gasteiger partial charge is 0.431 e. The number of nitrogens with one attached hydrogen (secondary N) is 1. The van der Waals surface area contributed by atoms with Crippen molar-refractivity contribution in [3.8, 4) is 5.69 Å². The smallest absolute Gasteiger partial charge is 0.292 e. The van der Waals surface area contributed by atoms with E-state index in [1.54, 1.807) is 0 Å². The second kappa shape index (κ2) is 6.33. The van der Waals surface area contributed by atoms with E-state index in [1.165, 1.54) is 5.48 Å². The van der Waals surface area contributed by atoms with E-state index in [0.717, 1.165) is 7.05 Å². The van der Waals surface area contributed by atoms with Gasteiger partial charge in [0.15, 0.2) is 0 Å². The molecule has 0 spiro atoms. The third-order valence-electron chi connectivity index (χ3n) is 3.23. The van der Waals surface area contributed by atoms with Gasteiger partial charge in [-0.05, 0) is 12.1 Å². The number of hydroxylamine groups is 1. The van der Waals surface area contributed by atoms with E-state index in [4.69, 9.17) is 16.8 Å². The molecule has 1 aromatic heterocycles. The molecule has 2 rings (SSSR count). The molecule has 0 aliphatic carbocycles. The van der Waals surface area contributed by atoms with Crippen LogP contribution in [0, 0.1) is 5.82 Å². The van der Waals surface area contributed by atoms with Crippen LogP contribution in [0.25, 0.3) is 5.69 Å². The number of hydrogen-bond acceptors (Lipinski definition) is 4. The average molecular weight is 382 g/mol. The lowest BCUT2D eigenvalue weighted by atomic mass is 10.1. The number of rotatable bonds is 2. The Hall–Kier alpha value is -2.66. The van der Waals surface area contributed by atoms with Gasteiger partial charge in [-0.25, -0.2) is 19.2 Å². The molecule has 0 saturated carbocycles. The SMILES string of the molecule is Cn1c(C(F)(F)F)cc(=O)n(-c2cc(C(=O)NO)c(Cl)cc2F)c1=O. The fourth-order valence-corrected chi connectivity index (χ4v) is 2.30. The summed E-state index contributed by atoms with van der Waals surface area (Å²) in [5, 5.41) is 8.16. The van der Waals surface area contributed by atoms with Crippen molar-refractivity contribution in [3.63, 3.8) is 0 Å². The van der Waals surface area contributed by atoms with Crippen molar-refractivity contribution in [3.05, 3.63) is 61.1 Å². The van der Waals surface area contributed by atoms with Crippen LogP contribution in [0.5, 0.6) is 0 Å². The van der Waals surface area contributed by atoms with E-state index in [2.05, 4.69) is 0 Å². The first-order valence-corrected chi connectivity index (χ1v) is 6.71. The summed E-state index contributed by atoms with van der Waals surface area (Å²) in [5.74, 6) is -2.42. The molecule has 0 bridgehead atoms. The van der Waals surface area contributed by atoms with Crippen molar-refractivity contribution in [1.82, 2.24) is 14.6 Å². The van der Waals surface area contributed by atoms with Crippen LogP contribution in [0.15, 0.2) is 27.8 Å². The Labute approximate surface area is 140 Å². The summed E-state index contributed by atoms with van der Waals surface area (Å²) in [7, 11) is 0.746. The van der Waals surface area contributed by atoms with E-state index in [1.807, 2.05) is 0 Å². The minimum atomic E-state index is -4.98. The molecule has 2 aromatic rings. The van der Waals surface area contributed by atoms with Gasteiger partial charge in [-0.3, -0.25) is 19.4 Å². The van der Waals surface area contributed by atoms with E-state index < -0.39 is 51.1 Å². The minimum absolute atomic E-state index is 0.106.